The lowest BCUT2D eigenvalue weighted by molar-refractivity contribution is 0.0790. The number of sulfonamides is 1. The van der Waals surface area contributed by atoms with E-state index < -0.39 is 10.0 Å². The molecule has 7 heteroatoms. The summed E-state index contributed by atoms with van der Waals surface area (Å²) in [5, 5.41) is 0. The summed E-state index contributed by atoms with van der Waals surface area (Å²) in [4.78, 5) is 16.2. The van der Waals surface area contributed by atoms with Gasteiger partial charge < -0.3 is 4.90 Å². The van der Waals surface area contributed by atoms with Crippen LogP contribution in [0.15, 0.2) is 6.07 Å². The first-order valence-corrected chi connectivity index (χ1v) is 8.80. The van der Waals surface area contributed by atoms with E-state index in [0.29, 0.717) is 19.5 Å². The van der Waals surface area contributed by atoms with E-state index in [0.717, 1.165) is 21.6 Å². The van der Waals surface area contributed by atoms with Gasteiger partial charge in [-0.15, -0.1) is 11.3 Å². The van der Waals surface area contributed by atoms with E-state index in [4.69, 9.17) is 0 Å². The van der Waals surface area contributed by atoms with Gasteiger partial charge in [-0.3, -0.25) is 4.79 Å². The molecule has 1 N–H and O–H groups in total. The zero-order valence-electron chi connectivity index (χ0n) is 11.3. The summed E-state index contributed by atoms with van der Waals surface area (Å²) in [6, 6.07) is 1.73. The van der Waals surface area contributed by atoms with Crippen molar-refractivity contribution in [2.75, 3.05) is 19.3 Å². The predicted octanol–water partition coefficient (Wildman–Crippen LogP) is 1.13. The minimum atomic E-state index is -3.21. The number of nitrogens with zero attached hydrogens (tertiary/aromatic N) is 1. The van der Waals surface area contributed by atoms with Crippen molar-refractivity contribution in [3.05, 3.63) is 21.4 Å². The normalized spacial score (nSPS) is 19.9. The second-order valence-corrected chi connectivity index (χ2v) is 8.19. The molecule has 1 saturated heterocycles. The zero-order valence-corrected chi connectivity index (χ0v) is 12.9. The Morgan fingerprint density at radius 3 is 2.68 bits per heavy atom. The second-order valence-electron chi connectivity index (χ2n) is 4.95. The molecule has 0 aliphatic carbocycles. The first-order chi connectivity index (χ1) is 8.76. The van der Waals surface area contributed by atoms with Crippen LogP contribution < -0.4 is 4.72 Å². The van der Waals surface area contributed by atoms with Crippen LogP contribution in [0.5, 0.6) is 0 Å². The van der Waals surface area contributed by atoms with Crippen LogP contribution >= 0.6 is 11.3 Å². The third kappa shape index (κ3) is 3.55. The van der Waals surface area contributed by atoms with Crippen LogP contribution in [-0.4, -0.2) is 44.6 Å². The van der Waals surface area contributed by atoms with Crippen LogP contribution in [0, 0.1) is 13.8 Å². The minimum absolute atomic E-state index is 0.000323. The number of thiophene rings is 1. The highest BCUT2D eigenvalue weighted by Crippen LogP contribution is 2.23. The summed E-state index contributed by atoms with van der Waals surface area (Å²) in [5.74, 6) is -0.000323. The second kappa shape index (κ2) is 5.22. The van der Waals surface area contributed by atoms with Gasteiger partial charge in [-0.25, -0.2) is 13.1 Å². The molecule has 0 bridgehead atoms. The van der Waals surface area contributed by atoms with E-state index in [1.54, 1.807) is 16.2 Å². The number of aryl methyl sites for hydroxylation is 2. The summed E-state index contributed by atoms with van der Waals surface area (Å²) < 4.78 is 24.9. The van der Waals surface area contributed by atoms with E-state index in [1.165, 1.54) is 0 Å². The average molecular weight is 302 g/mol. The molecule has 1 fully saturated rings. The molecule has 5 nitrogen and oxygen atoms in total. The van der Waals surface area contributed by atoms with E-state index in [-0.39, 0.29) is 11.9 Å². The number of hydrogen-bond donors (Lipinski definition) is 1. The van der Waals surface area contributed by atoms with Crippen molar-refractivity contribution in [3.8, 4) is 0 Å². The van der Waals surface area contributed by atoms with Gasteiger partial charge >= 0.3 is 0 Å². The van der Waals surface area contributed by atoms with Gasteiger partial charge in [-0.2, -0.15) is 0 Å². The predicted molar refractivity (Wildman–Crippen MR) is 76.1 cm³/mol. The van der Waals surface area contributed by atoms with Crippen LogP contribution in [0.3, 0.4) is 0 Å². The molecule has 0 radical (unpaired) electrons. The van der Waals surface area contributed by atoms with Crippen molar-refractivity contribution < 1.29 is 13.2 Å². The van der Waals surface area contributed by atoms with Crippen LogP contribution in [0.1, 0.15) is 26.5 Å². The summed E-state index contributed by atoms with van der Waals surface area (Å²) in [7, 11) is -3.21. The number of nitrogens with one attached hydrogen (secondary N) is 1. The van der Waals surface area contributed by atoms with Crippen LogP contribution in [-0.2, 0) is 10.0 Å². The molecule has 106 valence electrons. The van der Waals surface area contributed by atoms with Crippen molar-refractivity contribution in [1.82, 2.24) is 9.62 Å². The van der Waals surface area contributed by atoms with E-state index in [9.17, 15) is 13.2 Å². The minimum Gasteiger partial charge on any atom is -0.337 e. The van der Waals surface area contributed by atoms with E-state index in [2.05, 4.69) is 4.72 Å². The molecule has 1 aromatic heterocycles. The van der Waals surface area contributed by atoms with Gasteiger partial charge in [0.2, 0.25) is 10.0 Å². The number of carbonyl (C=O) groups is 1. The molecule has 1 aliphatic heterocycles. The molecule has 19 heavy (non-hydrogen) atoms. The molecule has 2 heterocycles. The van der Waals surface area contributed by atoms with Gasteiger partial charge in [-0.1, -0.05) is 0 Å². The Bertz CT molecular complexity index is 592. The van der Waals surface area contributed by atoms with Crippen LogP contribution in [0.4, 0.5) is 0 Å². The Hall–Kier alpha value is -0.920. The highest BCUT2D eigenvalue weighted by atomic mass is 32.2. The molecule has 2 rings (SSSR count). The quantitative estimate of drug-likeness (QED) is 0.910. The van der Waals surface area contributed by atoms with Gasteiger partial charge in [-0.05, 0) is 26.3 Å². The summed E-state index contributed by atoms with van der Waals surface area (Å²) in [5.41, 5.74) is 0.738. The standard InChI is InChI=1S/C12H18N2O3S2/c1-8-6-11(9(2)18-8)12(15)14-5-4-10(7-14)13-19(3,16)17/h6,10,13H,4-5,7H2,1-3H3/t10-/m0/s1. The SMILES string of the molecule is Cc1cc(C(=O)N2CC[C@H](NS(C)(=O)=O)C2)c(C)s1. The summed E-state index contributed by atoms with van der Waals surface area (Å²) in [6.07, 6.45) is 1.81. The van der Waals surface area contributed by atoms with Crippen molar-refractivity contribution in [2.24, 2.45) is 0 Å². The Labute approximate surface area is 117 Å². The van der Waals surface area contributed by atoms with Crippen molar-refractivity contribution in [3.63, 3.8) is 0 Å². The van der Waals surface area contributed by atoms with Gasteiger partial charge in [0.1, 0.15) is 0 Å². The third-order valence-corrected chi connectivity index (χ3v) is 4.86. The largest absolute Gasteiger partial charge is 0.337 e. The number of hydrogen-bond acceptors (Lipinski definition) is 4. The summed E-state index contributed by atoms with van der Waals surface area (Å²) >= 11 is 1.61. The Balaban J connectivity index is 2.05. The highest BCUT2D eigenvalue weighted by Gasteiger charge is 2.29. The monoisotopic (exact) mass is 302 g/mol. The Morgan fingerprint density at radius 2 is 2.16 bits per heavy atom. The van der Waals surface area contributed by atoms with Gasteiger partial charge in [0.05, 0.1) is 11.8 Å². The van der Waals surface area contributed by atoms with Gasteiger partial charge in [0, 0.05) is 28.9 Å². The molecule has 1 amide bonds. The Kier molecular flexibility index (Phi) is 3.98. The molecule has 0 saturated carbocycles. The average Bonchev–Trinajstić information content (AvgIpc) is 2.82. The lowest BCUT2D eigenvalue weighted by atomic mass is 10.2. The van der Waals surface area contributed by atoms with E-state index >= 15 is 0 Å². The van der Waals surface area contributed by atoms with Crippen molar-refractivity contribution in [1.29, 1.82) is 0 Å². The molecular weight excluding hydrogens is 284 g/mol. The number of amides is 1. The van der Waals surface area contributed by atoms with Gasteiger partial charge in [0.25, 0.3) is 5.91 Å². The first kappa shape index (κ1) is 14.5. The molecular formula is C12H18N2O3S2. The molecule has 1 atom stereocenters. The maximum absolute atomic E-state index is 12.3. The molecule has 0 aromatic carbocycles. The van der Waals surface area contributed by atoms with E-state index in [1.807, 2.05) is 19.9 Å². The maximum Gasteiger partial charge on any atom is 0.255 e. The van der Waals surface area contributed by atoms with Crippen molar-refractivity contribution >= 4 is 27.3 Å². The first-order valence-electron chi connectivity index (χ1n) is 6.10. The smallest absolute Gasteiger partial charge is 0.255 e. The fraction of sp³-hybridized carbons (Fsp3) is 0.583. The number of likely N-dealkylation sites (tertiary alicyclic amines) is 1. The lowest BCUT2D eigenvalue weighted by Crippen LogP contribution is -2.37. The molecule has 0 unspecified atom stereocenters. The lowest BCUT2D eigenvalue weighted by Gasteiger charge is -2.16. The van der Waals surface area contributed by atoms with Crippen molar-refractivity contribution in [2.45, 2.75) is 26.3 Å². The summed E-state index contributed by atoms with van der Waals surface area (Å²) in [6.45, 7) is 4.96. The van der Waals surface area contributed by atoms with Crippen LogP contribution in [0.25, 0.3) is 0 Å². The highest BCUT2D eigenvalue weighted by molar-refractivity contribution is 7.88. The van der Waals surface area contributed by atoms with Gasteiger partial charge in [0.15, 0.2) is 0 Å². The molecule has 1 aromatic rings. The molecule has 1 aliphatic rings. The maximum atomic E-state index is 12.3. The number of rotatable bonds is 3. The fourth-order valence-electron chi connectivity index (χ4n) is 2.36. The van der Waals surface area contributed by atoms with Crippen LogP contribution in [0.2, 0.25) is 0 Å². The fourth-order valence-corrected chi connectivity index (χ4v) is 4.07. The Morgan fingerprint density at radius 1 is 1.47 bits per heavy atom. The molecule has 0 spiro atoms. The topological polar surface area (TPSA) is 66.5 Å². The third-order valence-electron chi connectivity index (χ3n) is 3.13. The zero-order chi connectivity index (χ0) is 14.2. The number of carbonyl (C=O) groups excluding carboxylic acids is 1.